The Kier molecular flexibility index (Phi) is 5.52. The van der Waals surface area contributed by atoms with Crippen LogP contribution in [0.15, 0.2) is 48.9 Å². The van der Waals surface area contributed by atoms with Crippen molar-refractivity contribution in [2.45, 2.75) is 49.9 Å². The van der Waals surface area contributed by atoms with E-state index in [9.17, 15) is 9.90 Å². The summed E-state index contributed by atoms with van der Waals surface area (Å²) in [6.45, 7) is 3.73. The molecule has 2 aliphatic rings. The number of rotatable bonds is 4. The molecule has 4 rings (SSSR count). The van der Waals surface area contributed by atoms with Crippen LogP contribution in [0.3, 0.4) is 0 Å². The molecule has 0 aliphatic carbocycles. The van der Waals surface area contributed by atoms with Gasteiger partial charge in [-0.25, -0.2) is 4.98 Å². The third kappa shape index (κ3) is 4.57. The summed E-state index contributed by atoms with van der Waals surface area (Å²) < 4.78 is 6.25. The van der Waals surface area contributed by atoms with Crippen molar-refractivity contribution in [2.75, 3.05) is 24.6 Å². The Balaban J connectivity index is 1.34. The molecule has 2 aromatic rings. The lowest BCUT2D eigenvalue weighted by Crippen LogP contribution is -2.64. The number of hydrogen-bond acceptors (Lipinski definition) is 6. The largest absolute Gasteiger partial charge is 0.388 e. The van der Waals surface area contributed by atoms with E-state index in [1.165, 1.54) is 0 Å². The molecule has 1 amide bonds. The molecule has 2 aliphatic heterocycles. The molecular weight excluding hydrogens is 368 g/mol. The van der Waals surface area contributed by atoms with Crippen LogP contribution in [0.1, 0.15) is 31.7 Å². The molecule has 0 radical (unpaired) electrons. The van der Waals surface area contributed by atoms with Gasteiger partial charge in [0.2, 0.25) is 5.91 Å². The quantitative estimate of drug-likeness (QED) is 0.818. The molecule has 2 fully saturated rings. The zero-order chi connectivity index (χ0) is 20.3. The molecule has 3 heterocycles. The van der Waals surface area contributed by atoms with Crippen LogP contribution in [-0.4, -0.2) is 57.9 Å². The van der Waals surface area contributed by atoms with Gasteiger partial charge in [0.1, 0.15) is 5.82 Å². The standard InChI is InChI=1S/C22H28N4O3/c1-21(28)16-22(7-11-26(12-8-22)19-14-23-9-10-24-19)29-15-18(21)25-20(27)13-17-5-3-2-4-6-17/h2-6,9-10,14,18,28H,7-8,11-13,15-16H2,1H3,(H,25,27)/t18-,21-/m0/s1. The zero-order valence-corrected chi connectivity index (χ0v) is 16.8. The molecule has 2 N–H and O–H groups in total. The Morgan fingerprint density at radius 1 is 1.28 bits per heavy atom. The number of benzene rings is 1. The first-order valence-corrected chi connectivity index (χ1v) is 10.2. The van der Waals surface area contributed by atoms with E-state index in [-0.39, 0.29) is 11.5 Å². The summed E-state index contributed by atoms with van der Waals surface area (Å²) in [6, 6.07) is 9.20. The van der Waals surface area contributed by atoms with Crippen molar-refractivity contribution in [2.24, 2.45) is 0 Å². The highest BCUT2D eigenvalue weighted by atomic mass is 16.5. The predicted molar refractivity (Wildman–Crippen MR) is 109 cm³/mol. The minimum atomic E-state index is -1.01. The second-order valence-corrected chi connectivity index (χ2v) is 8.36. The lowest BCUT2D eigenvalue weighted by atomic mass is 9.75. The Hall–Kier alpha value is -2.51. The third-order valence-corrected chi connectivity index (χ3v) is 6.08. The average Bonchev–Trinajstić information content (AvgIpc) is 2.72. The van der Waals surface area contributed by atoms with Crippen LogP contribution in [-0.2, 0) is 16.0 Å². The number of aromatic nitrogens is 2. The number of piperidine rings is 1. The highest BCUT2D eigenvalue weighted by Crippen LogP contribution is 2.40. The first-order valence-electron chi connectivity index (χ1n) is 10.2. The van der Waals surface area contributed by atoms with Gasteiger partial charge in [-0.05, 0) is 25.3 Å². The van der Waals surface area contributed by atoms with Crippen LogP contribution in [0.2, 0.25) is 0 Å². The topological polar surface area (TPSA) is 87.6 Å². The molecule has 7 heteroatoms. The van der Waals surface area contributed by atoms with Gasteiger partial charge in [0.15, 0.2) is 0 Å². The van der Waals surface area contributed by atoms with Gasteiger partial charge in [0.05, 0.1) is 36.5 Å². The number of amides is 1. The van der Waals surface area contributed by atoms with Gasteiger partial charge in [-0.15, -0.1) is 0 Å². The zero-order valence-electron chi connectivity index (χ0n) is 16.8. The van der Waals surface area contributed by atoms with Crippen molar-refractivity contribution >= 4 is 11.7 Å². The van der Waals surface area contributed by atoms with E-state index in [1.54, 1.807) is 25.5 Å². The first-order chi connectivity index (χ1) is 14.0. The Bertz CT molecular complexity index is 820. The molecule has 1 spiro atoms. The summed E-state index contributed by atoms with van der Waals surface area (Å²) in [5.41, 5.74) is -0.420. The van der Waals surface area contributed by atoms with Gasteiger partial charge >= 0.3 is 0 Å². The van der Waals surface area contributed by atoms with E-state index in [1.807, 2.05) is 30.3 Å². The Morgan fingerprint density at radius 3 is 2.69 bits per heavy atom. The minimum absolute atomic E-state index is 0.0986. The summed E-state index contributed by atoms with van der Waals surface area (Å²) in [7, 11) is 0. The van der Waals surface area contributed by atoms with E-state index in [2.05, 4.69) is 20.2 Å². The molecule has 2 saturated heterocycles. The van der Waals surface area contributed by atoms with Crippen LogP contribution >= 0.6 is 0 Å². The summed E-state index contributed by atoms with van der Waals surface area (Å²) in [4.78, 5) is 23.1. The molecule has 29 heavy (non-hydrogen) atoms. The molecule has 1 aromatic carbocycles. The Labute approximate surface area is 171 Å². The highest BCUT2D eigenvalue weighted by Gasteiger charge is 2.49. The molecule has 7 nitrogen and oxygen atoms in total. The number of nitrogens with one attached hydrogen (secondary N) is 1. The number of ether oxygens (including phenoxy) is 1. The van der Waals surface area contributed by atoms with Crippen LogP contribution < -0.4 is 10.2 Å². The fraction of sp³-hybridized carbons (Fsp3) is 0.500. The summed E-state index contributed by atoms with van der Waals surface area (Å²) in [5, 5.41) is 14.1. The van der Waals surface area contributed by atoms with Crippen molar-refractivity contribution in [3.8, 4) is 0 Å². The molecule has 154 valence electrons. The van der Waals surface area contributed by atoms with Crippen LogP contribution in [0.25, 0.3) is 0 Å². The van der Waals surface area contributed by atoms with Gasteiger partial charge in [0.25, 0.3) is 0 Å². The van der Waals surface area contributed by atoms with Gasteiger partial charge in [0, 0.05) is 31.9 Å². The van der Waals surface area contributed by atoms with Crippen LogP contribution in [0, 0.1) is 0 Å². The lowest BCUT2D eigenvalue weighted by molar-refractivity contribution is -0.180. The van der Waals surface area contributed by atoms with E-state index >= 15 is 0 Å². The smallest absolute Gasteiger partial charge is 0.224 e. The predicted octanol–water partition coefficient (Wildman–Crippen LogP) is 1.71. The van der Waals surface area contributed by atoms with E-state index < -0.39 is 11.6 Å². The number of anilines is 1. The summed E-state index contributed by atoms with van der Waals surface area (Å²) >= 11 is 0. The third-order valence-electron chi connectivity index (χ3n) is 6.08. The molecule has 0 bridgehead atoms. The van der Waals surface area contributed by atoms with E-state index in [0.29, 0.717) is 19.4 Å². The average molecular weight is 396 g/mol. The first kappa shape index (κ1) is 19.8. The van der Waals surface area contributed by atoms with Crippen molar-refractivity contribution in [3.63, 3.8) is 0 Å². The van der Waals surface area contributed by atoms with Gasteiger partial charge < -0.3 is 20.1 Å². The number of carbonyl (C=O) groups excluding carboxylic acids is 1. The molecule has 0 unspecified atom stereocenters. The van der Waals surface area contributed by atoms with Crippen molar-refractivity contribution in [1.82, 2.24) is 15.3 Å². The second-order valence-electron chi connectivity index (χ2n) is 8.36. The van der Waals surface area contributed by atoms with E-state index in [4.69, 9.17) is 4.74 Å². The fourth-order valence-corrected chi connectivity index (χ4v) is 4.41. The SMILES string of the molecule is C[C@]1(O)CC2(CCN(c3cnccn3)CC2)OC[C@@H]1NC(=O)Cc1ccccc1. The molecule has 0 saturated carbocycles. The van der Waals surface area contributed by atoms with E-state index in [0.717, 1.165) is 37.3 Å². The maximum absolute atomic E-state index is 12.4. The number of hydrogen-bond donors (Lipinski definition) is 2. The summed E-state index contributed by atoms with van der Waals surface area (Å²) in [5.74, 6) is 0.773. The van der Waals surface area contributed by atoms with Crippen molar-refractivity contribution in [1.29, 1.82) is 0 Å². The maximum atomic E-state index is 12.4. The van der Waals surface area contributed by atoms with Crippen LogP contribution in [0.4, 0.5) is 5.82 Å². The normalized spacial score (nSPS) is 26.3. The minimum Gasteiger partial charge on any atom is -0.388 e. The van der Waals surface area contributed by atoms with Crippen molar-refractivity contribution < 1.29 is 14.6 Å². The van der Waals surface area contributed by atoms with Gasteiger partial charge in [-0.2, -0.15) is 0 Å². The van der Waals surface area contributed by atoms with Gasteiger partial charge in [-0.1, -0.05) is 30.3 Å². The molecule has 2 atom stereocenters. The number of carbonyl (C=O) groups is 1. The summed E-state index contributed by atoms with van der Waals surface area (Å²) in [6.07, 6.45) is 7.56. The molecule has 1 aromatic heterocycles. The fourth-order valence-electron chi connectivity index (χ4n) is 4.41. The molecular formula is C22H28N4O3. The van der Waals surface area contributed by atoms with Crippen LogP contribution in [0.5, 0.6) is 0 Å². The van der Waals surface area contributed by atoms with Crippen molar-refractivity contribution in [3.05, 3.63) is 54.5 Å². The van der Waals surface area contributed by atoms with Gasteiger partial charge in [-0.3, -0.25) is 9.78 Å². The monoisotopic (exact) mass is 396 g/mol. The second kappa shape index (κ2) is 8.08. The lowest BCUT2D eigenvalue weighted by Gasteiger charge is -2.51. The Morgan fingerprint density at radius 2 is 2.03 bits per heavy atom. The number of nitrogens with zero attached hydrogens (tertiary/aromatic N) is 3. The number of aliphatic hydroxyl groups is 1. The highest BCUT2D eigenvalue weighted by molar-refractivity contribution is 5.79. The maximum Gasteiger partial charge on any atom is 0.224 e.